The van der Waals surface area contributed by atoms with Crippen LogP contribution in [0.25, 0.3) is 0 Å². The third-order valence-corrected chi connectivity index (χ3v) is 4.90. The Morgan fingerprint density at radius 3 is 1.89 bits per heavy atom. The van der Waals surface area contributed by atoms with E-state index in [1.165, 1.54) is 0 Å². The van der Waals surface area contributed by atoms with E-state index in [4.69, 9.17) is 4.18 Å². The van der Waals surface area contributed by atoms with Crippen LogP contribution in [0.1, 0.15) is 0 Å². The van der Waals surface area contributed by atoms with E-state index < -0.39 is 17.5 Å². The first-order chi connectivity index (χ1) is 8.16. The molecule has 6 heteroatoms. The summed E-state index contributed by atoms with van der Waals surface area (Å²) in [5.41, 5.74) is 0. The fourth-order valence-electron chi connectivity index (χ4n) is 1.27. The average Bonchev–Trinajstić information content (AvgIpc) is 2.30. The van der Waals surface area contributed by atoms with Gasteiger partial charge in [-0.2, -0.15) is 8.42 Å². The monoisotopic (exact) mass is 352 g/mol. The van der Waals surface area contributed by atoms with Gasteiger partial charge in [0.1, 0.15) is 5.75 Å². The molecular formula is C12H12O3PRbS. The van der Waals surface area contributed by atoms with Crippen molar-refractivity contribution < 1.29 is 12.6 Å². The van der Waals surface area contributed by atoms with Crippen LogP contribution in [0.5, 0.6) is 5.75 Å². The van der Waals surface area contributed by atoms with Crippen molar-refractivity contribution in [3.05, 3.63) is 60.7 Å². The van der Waals surface area contributed by atoms with E-state index in [-0.39, 0.29) is 58.2 Å². The molecule has 0 aliphatic heterocycles. The second-order valence-corrected chi connectivity index (χ2v) is 7.29. The second-order valence-electron chi connectivity index (χ2n) is 3.32. The Kier molecular flexibility index (Phi) is 7.21. The Labute approximate surface area is 157 Å². The molecule has 2 aromatic rings. The van der Waals surface area contributed by atoms with Crippen molar-refractivity contribution in [3.8, 4) is 5.75 Å². The summed E-state index contributed by atoms with van der Waals surface area (Å²) in [5.74, 6) is 0.343. The predicted octanol–water partition coefficient (Wildman–Crippen LogP) is 1.67. The van der Waals surface area contributed by atoms with E-state index in [9.17, 15) is 8.42 Å². The van der Waals surface area contributed by atoms with Crippen molar-refractivity contribution >= 4 is 81.0 Å². The van der Waals surface area contributed by atoms with Gasteiger partial charge in [-0.3, -0.25) is 0 Å². The Hall–Kier alpha value is 0.425. The summed E-state index contributed by atoms with van der Waals surface area (Å²) in [6.07, 6.45) is 0. The number of hydrogen-bond donors (Lipinski definition) is 0. The molecule has 2 aromatic carbocycles. The summed E-state index contributed by atoms with van der Waals surface area (Å²) in [4.78, 5) is 0. The summed E-state index contributed by atoms with van der Waals surface area (Å²) in [6, 6.07) is 17.5. The Bertz CT molecular complexity index is 525. The van der Waals surface area contributed by atoms with Crippen LogP contribution < -0.4 is 9.49 Å². The number of para-hydroxylation sites is 1. The number of hydrogen-bond acceptors (Lipinski definition) is 3. The molecule has 0 spiro atoms. The maximum atomic E-state index is 11.8. The van der Waals surface area contributed by atoms with E-state index in [1.54, 1.807) is 54.6 Å². The maximum absolute atomic E-state index is 11.8. The summed E-state index contributed by atoms with van der Waals surface area (Å²) in [6.45, 7) is 0. The van der Waals surface area contributed by atoms with Gasteiger partial charge in [0, 0.05) is 0 Å². The second kappa shape index (κ2) is 7.88. The molecule has 0 N–H and O–H groups in total. The number of benzene rings is 2. The summed E-state index contributed by atoms with van der Waals surface area (Å²) in [5, 5.41) is 0.739. The van der Waals surface area contributed by atoms with E-state index in [0.717, 1.165) is 5.30 Å². The van der Waals surface area contributed by atoms with Gasteiger partial charge >= 0.3 is 67.9 Å². The van der Waals surface area contributed by atoms with Crippen molar-refractivity contribution in [1.29, 1.82) is 0 Å². The topological polar surface area (TPSA) is 43.4 Å². The van der Waals surface area contributed by atoms with Gasteiger partial charge in [-0.25, -0.2) is 0 Å². The Balaban J connectivity index is 0.00000162. The fourth-order valence-corrected chi connectivity index (χ4v) is 3.99. The molecule has 2 rings (SSSR count). The average molecular weight is 353 g/mol. The minimum absolute atomic E-state index is 0. The van der Waals surface area contributed by atoms with Gasteiger partial charge in [0.15, 0.2) is 0 Å². The van der Waals surface area contributed by atoms with Gasteiger partial charge in [0.05, 0.1) is 7.78 Å². The standard InChI is InChI=1S/C12H11O3PS.Rb.H/c13-17(14,15-11-7-3-1-4-8-11)16-12-9-5-2-6-10-12;;/h1-10,16H;;. The van der Waals surface area contributed by atoms with Crippen LogP contribution in [-0.4, -0.2) is 66.6 Å². The van der Waals surface area contributed by atoms with Gasteiger partial charge in [0.2, 0.25) is 0 Å². The molecule has 0 heterocycles. The summed E-state index contributed by atoms with van der Waals surface area (Å²) in [7, 11) is -3.95. The van der Waals surface area contributed by atoms with E-state index in [0.29, 0.717) is 5.75 Å². The molecule has 1 unspecified atom stereocenters. The van der Waals surface area contributed by atoms with Gasteiger partial charge < -0.3 is 4.18 Å². The summed E-state index contributed by atoms with van der Waals surface area (Å²) >= 11 is 0. The van der Waals surface area contributed by atoms with Crippen molar-refractivity contribution in [2.45, 2.75) is 0 Å². The SMILES string of the molecule is O=S(=O)(Oc1ccccc1)Pc1ccccc1.[RbH]. The van der Waals surface area contributed by atoms with Crippen LogP contribution in [0.4, 0.5) is 0 Å². The van der Waals surface area contributed by atoms with Crippen LogP contribution in [0.2, 0.25) is 0 Å². The Morgan fingerprint density at radius 1 is 0.833 bits per heavy atom. The number of rotatable bonds is 4. The van der Waals surface area contributed by atoms with Crippen LogP contribution >= 0.6 is 7.78 Å². The molecule has 0 amide bonds. The van der Waals surface area contributed by atoms with Gasteiger partial charge in [-0.1, -0.05) is 48.5 Å². The molecule has 18 heavy (non-hydrogen) atoms. The molecule has 0 saturated carbocycles. The molecule has 0 bridgehead atoms. The molecule has 90 valence electrons. The first kappa shape index (κ1) is 16.5. The molecule has 0 aromatic heterocycles. The fraction of sp³-hybridized carbons (Fsp3) is 0. The van der Waals surface area contributed by atoms with Crippen molar-refractivity contribution in [1.82, 2.24) is 0 Å². The molecular weight excluding hydrogens is 341 g/mol. The first-order valence-electron chi connectivity index (χ1n) is 4.98. The molecule has 0 fully saturated rings. The van der Waals surface area contributed by atoms with E-state index in [1.807, 2.05) is 6.07 Å². The zero-order valence-electron chi connectivity index (χ0n) is 8.91. The minimum atomic E-state index is -3.56. The third-order valence-electron chi connectivity index (χ3n) is 1.97. The van der Waals surface area contributed by atoms with Gasteiger partial charge in [0.25, 0.3) is 0 Å². The van der Waals surface area contributed by atoms with Crippen LogP contribution in [0, 0.1) is 0 Å². The molecule has 0 aliphatic rings. The quantitative estimate of drug-likeness (QED) is 0.786. The van der Waals surface area contributed by atoms with Crippen LogP contribution in [-0.2, 0) is 9.74 Å². The van der Waals surface area contributed by atoms with Gasteiger partial charge in [-0.05, 0) is 17.4 Å². The molecule has 0 saturated heterocycles. The normalized spacial score (nSPS) is 11.1. The van der Waals surface area contributed by atoms with Crippen molar-refractivity contribution in [2.24, 2.45) is 0 Å². The predicted molar refractivity (Wildman–Crippen MR) is 77.5 cm³/mol. The molecule has 0 aliphatic carbocycles. The van der Waals surface area contributed by atoms with Crippen LogP contribution in [0.15, 0.2) is 60.7 Å². The van der Waals surface area contributed by atoms with Crippen molar-refractivity contribution in [3.63, 3.8) is 0 Å². The molecule has 3 nitrogen and oxygen atoms in total. The Morgan fingerprint density at radius 2 is 1.33 bits per heavy atom. The van der Waals surface area contributed by atoms with Crippen LogP contribution in [0.3, 0.4) is 0 Å². The van der Waals surface area contributed by atoms with Crippen molar-refractivity contribution in [2.75, 3.05) is 0 Å². The van der Waals surface area contributed by atoms with Gasteiger partial charge in [-0.15, -0.1) is 0 Å². The zero-order chi connectivity index (χ0) is 12.1. The van der Waals surface area contributed by atoms with E-state index >= 15 is 0 Å². The summed E-state index contributed by atoms with van der Waals surface area (Å²) < 4.78 is 28.5. The zero-order valence-corrected chi connectivity index (χ0v) is 10.7. The third kappa shape index (κ3) is 5.60. The van der Waals surface area contributed by atoms with E-state index in [2.05, 4.69) is 0 Å². The molecule has 0 radical (unpaired) electrons. The first-order valence-corrected chi connectivity index (χ1v) is 8.11. The molecule has 1 atom stereocenters.